The minimum atomic E-state index is -4.38. The van der Waals surface area contributed by atoms with Gasteiger partial charge in [-0.1, -0.05) is 0 Å². The van der Waals surface area contributed by atoms with Crippen molar-refractivity contribution in [2.24, 2.45) is 0 Å². The highest BCUT2D eigenvalue weighted by atomic mass is 32.1. The number of nitrogens with one attached hydrogen (secondary N) is 1. The number of hydrogen-bond acceptors (Lipinski definition) is 4. The molecule has 0 bridgehead atoms. The molecule has 2 heterocycles. The van der Waals surface area contributed by atoms with E-state index in [0.717, 1.165) is 5.13 Å². The van der Waals surface area contributed by atoms with Gasteiger partial charge in [0.05, 0.1) is 0 Å². The Hall–Kier alpha value is -1.51. The molecule has 1 fully saturated rings. The van der Waals surface area contributed by atoms with E-state index in [1.165, 1.54) is 16.2 Å². The van der Waals surface area contributed by atoms with Gasteiger partial charge in [-0.05, 0) is 0 Å². The van der Waals surface area contributed by atoms with E-state index in [9.17, 15) is 18.0 Å². The number of halogens is 3. The third-order valence-corrected chi connectivity index (χ3v) is 3.53. The number of amides is 2. The van der Waals surface area contributed by atoms with E-state index in [1.54, 1.807) is 6.20 Å². The summed E-state index contributed by atoms with van der Waals surface area (Å²) in [6, 6.07) is -0.670. The first-order valence-electron chi connectivity index (χ1n) is 5.70. The molecule has 106 valence electrons. The first kappa shape index (κ1) is 13.9. The minimum absolute atomic E-state index is 0.392. The lowest BCUT2D eigenvalue weighted by Crippen LogP contribution is -2.53. The molecule has 0 spiro atoms. The van der Waals surface area contributed by atoms with Gasteiger partial charge in [0.2, 0.25) is 0 Å². The number of hydrogen-bond donors (Lipinski definition) is 1. The van der Waals surface area contributed by atoms with E-state index in [2.05, 4.69) is 4.98 Å². The molecule has 1 aliphatic rings. The fraction of sp³-hybridized carbons (Fsp3) is 0.600. The Morgan fingerprint density at radius 3 is 2.58 bits per heavy atom. The van der Waals surface area contributed by atoms with Gasteiger partial charge in [0.15, 0.2) is 5.13 Å². The zero-order valence-corrected chi connectivity index (χ0v) is 10.8. The first-order chi connectivity index (χ1) is 8.96. The summed E-state index contributed by atoms with van der Waals surface area (Å²) in [6.45, 7) is 0.644. The highest BCUT2D eigenvalue weighted by molar-refractivity contribution is 7.13. The maximum atomic E-state index is 12.0. The van der Waals surface area contributed by atoms with Crippen molar-refractivity contribution in [3.63, 3.8) is 0 Å². The average molecular weight is 294 g/mol. The van der Waals surface area contributed by atoms with Gasteiger partial charge in [-0.25, -0.2) is 9.78 Å². The van der Waals surface area contributed by atoms with Crippen LogP contribution in [0.25, 0.3) is 0 Å². The van der Waals surface area contributed by atoms with Crippen LogP contribution in [0.5, 0.6) is 0 Å². The Kier molecular flexibility index (Phi) is 4.13. The number of piperazine rings is 1. The van der Waals surface area contributed by atoms with Crippen molar-refractivity contribution in [3.8, 4) is 0 Å². The molecule has 19 heavy (non-hydrogen) atoms. The van der Waals surface area contributed by atoms with Crippen molar-refractivity contribution < 1.29 is 18.0 Å². The SMILES string of the molecule is O=C(NCC(F)(F)F)N1CCN(c2nccs2)CC1. The maximum Gasteiger partial charge on any atom is 0.405 e. The van der Waals surface area contributed by atoms with Crippen LogP contribution in [0.3, 0.4) is 0 Å². The summed E-state index contributed by atoms with van der Waals surface area (Å²) in [5.74, 6) is 0. The molecule has 1 aliphatic heterocycles. The Bertz CT molecular complexity index is 415. The minimum Gasteiger partial charge on any atom is -0.345 e. The third kappa shape index (κ3) is 3.98. The normalized spacial score (nSPS) is 16.6. The van der Waals surface area contributed by atoms with Gasteiger partial charge in [-0.3, -0.25) is 0 Å². The van der Waals surface area contributed by atoms with Crippen LogP contribution in [0.1, 0.15) is 0 Å². The number of urea groups is 1. The molecular weight excluding hydrogens is 281 g/mol. The van der Waals surface area contributed by atoms with Crippen molar-refractivity contribution >= 4 is 22.5 Å². The molecule has 2 amide bonds. The quantitative estimate of drug-likeness (QED) is 0.900. The largest absolute Gasteiger partial charge is 0.405 e. The highest BCUT2D eigenvalue weighted by Crippen LogP contribution is 2.19. The molecule has 0 atom stereocenters. The summed E-state index contributed by atoms with van der Waals surface area (Å²) in [6.07, 6.45) is -2.68. The fourth-order valence-corrected chi connectivity index (χ4v) is 2.46. The zero-order valence-electron chi connectivity index (χ0n) is 9.98. The van der Waals surface area contributed by atoms with Crippen molar-refractivity contribution in [2.75, 3.05) is 37.6 Å². The van der Waals surface area contributed by atoms with Crippen LogP contribution in [0.2, 0.25) is 0 Å². The van der Waals surface area contributed by atoms with Crippen LogP contribution in [-0.2, 0) is 0 Å². The molecule has 1 saturated heterocycles. The molecule has 2 rings (SSSR count). The predicted octanol–water partition coefficient (Wildman–Crippen LogP) is 1.54. The summed E-state index contributed by atoms with van der Waals surface area (Å²) >= 11 is 1.50. The van der Waals surface area contributed by atoms with Crippen molar-refractivity contribution in [1.29, 1.82) is 0 Å². The smallest absolute Gasteiger partial charge is 0.345 e. The Morgan fingerprint density at radius 1 is 1.37 bits per heavy atom. The molecule has 0 unspecified atom stereocenters. The summed E-state index contributed by atoms with van der Waals surface area (Å²) in [5.41, 5.74) is 0. The highest BCUT2D eigenvalue weighted by Gasteiger charge is 2.29. The van der Waals surface area contributed by atoms with E-state index < -0.39 is 18.8 Å². The molecule has 9 heteroatoms. The Balaban J connectivity index is 1.78. The van der Waals surface area contributed by atoms with Crippen LogP contribution >= 0.6 is 11.3 Å². The topological polar surface area (TPSA) is 48.5 Å². The number of alkyl halides is 3. The van der Waals surface area contributed by atoms with Gasteiger partial charge in [0.25, 0.3) is 0 Å². The number of nitrogens with zero attached hydrogens (tertiary/aromatic N) is 3. The number of rotatable bonds is 2. The summed E-state index contributed by atoms with van der Waals surface area (Å²) in [4.78, 5) is 19.1. The molecule has 0 saturated carbocycles. The van der Waals surface area contributed by atoms with E-state index in [1.807, 2.05) is 15.6 Å². The summed E-state index contributed by atoms with van der Waals surface area (Å²) in [5, 5.41) is 4.60. The van der Waals surface area contributed by atoms with Crippen molar-refractivity contribution in [1.82, 2.24) is 15.2 Å². The van der Waals surface area contributed by atoms with Gasteiger partial charge >= 0.3 is 12.2 Å². The zero-order chi connectivity index (χ0) is 13.9. The van der Waals surface area contributed by atoms with Crippen LogP contribution < -0.4 is 10.2 Å². The van der Waals surface area contributed by atoms with Gasteiger partial charge in [-0.15, -0.1) is 11.3 Å². The van der Waals surface area contributed by atoms with E-state index in [-0.39, 0.29) is 0 Å². The van der Waals surface area contributed by atoms with Gasteiger partial charge in [-0.2, -0.15) is 13.2 Å². The third-order valence-electron chi connectivity index (χ3n) is 2.70. The van der Waals surface area contributed by atoms with Gasteiger partial charge in [0, 0.05) is 37.8 Å². The number of carbonyl (C=O) groups excluding carboxylic acids is 1. The molecule has 5 nitrogen and oxygen atoms in total. The number of carbonyl (C=O) groups is 1. The standard InChI is InChI=1S/C10H13F3N4OS/c11-10(12,13)7-15-8(18)16-2-4-17(5-3-16)9-14-1-6-19-9/h1,6H,2-5,7H2,(H,15,18). The lowest BCUT2D eigenvalue weighted by atomic mass is 10.3. The maximum absolute atomic E-state index is 12.0. The van der Waals surface area contributed by atoms with Crippen molar-refractivity contribution in [2.45, 2.75) is 6.18 Å². The summed E-state index contributed by atoms with van der Waals surface area (Å²) in [7, 11) is 0. The Morgan fingerprint density at radius 2 is 2.05 bits per heavy atom. The van der Waals surface area contributed by atoms with Crippen molar-refractivity contribution in [3.05, 3.63) is 11.6 Å². The predicted molar refractivity (Wildman–Crippen MR) is 65.4 cm³/mol. The first-order valence-corrected chi connectivity index (χ1v) is 6.57. The molecule has 1 N–H and O–H groups in total. The molecular formula is C10H13F3N4OS. The molecule has 1 aromatic heterocycles. The number of thiazole rings is 1. The fourth-order valence-electron chi connectivity index (χ4n) is 1.76. The van der Waals surface area contributed by atoms with Crippen LogP contribution in [-0.4, -0.2) is 54.8 Å². The average Bonchev–Trinajstić information content (AvgIpc) is 2.89. The molecule has 0 aromatic carbocycles. The second kappa shape index (κ2) is 5.64. The molecule has 0 radical (unpaired) electrons. The van der Waals surface area contributed by atoms with E-state index in [4.69, 9.17) is 0 Å². The van der Waals surface area contributed by atoms with Gasteiger partial charge in [0.1, 0.15) is 6.54 Å². The van der Waals surface area contributed by atoms with Gasteiger partial charge < -0.3 is 15.1 Å². The second-order valence-electron chi connectivity index (χ2n) is 4.06. The van der Waals surface area contributed by atoms with E-state index in [0.29, 0.717) is 26.2 Å². The Labute approximate surface area is 112 Å². The second-order valence-corrected chi connectivity index (χ2v) is 4.94. The van der Waals surface area contributed by atoms with Crippen LogP contribution in [0.15, 0.2) is 11.6 Å². The number of anilines is 1. The molecule has 0 aliphatic carbocycles. The van der Waals surface area contributed by atoms with E-state index >= 15 is 0 Å². The van der Waals surface area contributed by atoms with Crippen LogP contribution in [0.4, 0.5) is 23.1 Å². The monoisotopic (exact) mass is 294 g/mol. The summed E-state index contributed by atoms with van der Waals surface area (Å²) < 4.78 is 35.9. The van der Waals surface area contributed by atoms with Crippen LogP contribution in [0, 0.1) is 0 Å². The lowest BCUT2D eigenvalue weighted by molar-refractivity contribution is -0.123. The number of aromatic nitrogens is 1. The molecule has 1 aromatic rings. The lowest BCUT2D eigenvalue weighted by Gasteiger charge is -2.34.